The lowest BCUT2D eigenvalue weighted by molar-refractivity contribution is 1.19. The van der Waals surface area contributed by atoms with Gasteiger partial charge in [0.25, 0.3) is 0 Å². The topological polar surface area (TPSA) is 12.0 Å². The Kier molecular flexibility index (Phi) is 4.22. The van der Waals surface area contributed by atoms with Gasteiger partial charge in [0.05, 0.1) is 16.6 Å². The smallest absolute Gasteiger partial charge is 0.0642 e. The quantitative estimate of drug-likeness (QED) is 0.535. The van der Waals surface area contributed by atoms with Gasteiger partial charge in [-0.2, -0.15) is 0 Å². The number of anilines is 1. The van der Waals surface area contributed by atoms with Crippen molar-refractivity contribution >= 4 is 66.2 Å². The van der Waals surface area contributed by atoms with Gasteiger partial charge in [0.15, 0.2) is 0 Å². The molecule has 20 heavy (non-hydrogen) atoms. The van der Waals surface area contributed by atoms with Crippen LogP contribution in [0.5, 0.6) is 0 Å². The molecule has 1 aromatic heterocycles. The highest BCUT2D eigenvalue weighted by molar-refractivity contribution is 9.10. The molecule has 102 valence electrons. The van der Waals surface area contributed by atoms with Crippen LogP contribution in [0.25, 0.3) is 10.1 Å². The van der Waals surface area contributed by atoms with E-state index in [1.807, 2.05) is 36.4 Å². The first-order chi connectivity index (χ1) is 9.65. The Bertz CT molecular complexity index is 770. The second-order valence-corrected chi connectivity index (χ2v) is 7.09. The van der Waals surface area contributed by atoms with Crippen molar-refractivity contribution in [1.82, 2.24) is 0 Å². The Morgan fingerprint density at radius 1 is 1.10 bits per heavy atom. The third kappa shape index (κ3) is 2.82. The van der Waals surface area contributed by atoms with Crippen molar-refractivity contribution in [3.8, 4) is 0 Å². The molecule has 0 aliphatic rings. The molecule has 1 N–H and O–H groups in total. The molecule has 0 amide bonds. The molecule has 0 unspecified atom stereocenters. The van der Waals surface area contributed by atoms with Gasteiger partial charge in [-0.15, -0.1) is 11.3 Å². The summed E-state index contributed by atoms with van der Waals surface area (Å²) in [6.45, 7) is 0.691. The zero-order valence-electron chi connectivity index (χ0n) is 10.3. The predicted molar refractivity (Wildman–Crippen MR) is 93.3 cm³/mol. The van der Waals surface area contributed by atoms with Gasteiger partial charge in [-0.3, -0.25) is 0 Å². The molecule has 0 fully saturated rings. The van der Waals surface area contributed by atoms with E-state index >= 15 is 0 Å². The molecule has 0 saturated carbocycles. The van der Waals surface area contributed by atoms with Crippen LogP contribution < -0.4 is 5.32 Å². The lowest BCUT2D eigenvalue weighted by Gasteiger charge is -2.06. The Hall–Kier alpha value is -0.740. The monoisotopic (exact) mass is 385 g/mol. The minimum Gasteiger partial charge on any atom is -0.380 e. The summed E-state index contributed by atoms with van der Waals surface area (Å²) in [7, 11) is 0. The molecule has 5 heteroatoms. The maximum atomic E-state index is 6.42. The lowest BCUT2D eigenvalue weighted by Crippen LogP contribution is -1.97. The van der Waals surface area contributed by atoms with E-state index in [0.717, 1.165) is 25.4 Å². The number of hydrogen-bond acceptors (Lipinski definition) is 2. The zero-order valence-corrected chi connectivity index (χ0v) is 14.2. The first-order valence-electron chi connectivity index (χ1n) is 6.00. The third-order valence-electron chi connectivity index (χ3n) is 2.97. The van der Waals surface area contributed by atoms with Gasteiger partial charge in [0, 0.05) is 25.1 Å². The van der Waals surface area contributed by atoms with Gasteiger partial charge in [0.1, 0.15) is 0 Å². The van der Waals surface area contributed by atoms with Crippen LogP contribution in [0.4, 0.5) is 5.69 Å². The second-order valence-electron chi connectivity index (χ2n) is 4.32. The molecular formula is C15H10BrCl2NS. The molecule has 1 nitrogen and oxygen atoms in total. The van der Waals surface area contributed by atoms with Crippen LogP contribution in [0.2, 0.25) is 10.0 Å². The maximum absolute atomic E-state index is 6.42. The number of nitrogens with one attached hydrogen (secondary N) is 1. The summed E-state index contributed by atoms with van der Waals surface area (Å²) in [5.41, 5.74) is 0.978. The van der Waals surface area contributed by atoms with E-state index in [9.17, 15) is 0 Å². The van der Waals surface area contributed by atoms with E-state index in [1.54, 1.807) is 11.3 Å². The van der Waals surface area contributed by atoms with Crippen LogP contribution >= 0.6 is 50.5 Å². The SMILES string of the molecule is Clc1cc(NCc2sc3ccccc3c2Cl)ccc1Br. The fourth-order valence-electron chi connectivity index (χ4n) is 1.97. The molecule has 0 aliphatic carbocycles. The minimum absolute atomic E-state index is 0.691. The first-order valence-corrected chi connectivity index (χ1v) is 8.36. The van der Waals surface area contributed by atoms with Gasteiger partial charge >= 0.3 is 0 Å². The normalized spacial score (nSPS) is 10.9. The minimum atomic E-state index is 0.691. The third-order valence-corrected chi connectivity index (χ3v) is 5.92. The highest BCUT2D eigenvalue weighted by atomic mass is 79.9. The van der Waals surface area contributed by atoms with Crippen LogP contribution in [0, 0.1) is 0 Å². The molecule has 0 spiro atoms. The Morgan fingerprint density at radius 3 is 2.65 bits per heavy atom. The van der Waals surface area contributed by atoms with Crippen LogP contribution in [0.3, 0.4) is 0 Å². The van der Waals surface area contributed by atoms with Crippen LogP contribution in [0.1, 0.15) is 4.88 Å². The van der Waals surface area contributed by atoms with E-state index in [2.05, 4.69) is 27.3 Å². The highest BCUT2D eigenvalue weighted by Gasteiger charge is 2.09. The van der Waals surface area contributed by atoms with Gasteiger partial charge in [-0.25, -0.2) is 0 Å². The van der Waals surface area contributed by atoms with Gasteiger partial charge in [-0.1, -0.05) is 41.4 Å². The molecule has 0 aliphatic heterocycles. The van der Waals surface area contributed by atoms with Crippen molar-refractivity contribution in [3.05, 3.63) is 61.9 Å². The number of benzene rings is 2. The highest BCUT2D eigenvalue weighted by Crippen LogP contribution is 2.35. The van der Waals surface area contributed by atoms with E-state index in [4.69, 9.17) is 23.2 Å². The molecule has 0 radical (unpaired) electrons. The Balaban J connectivity index is 1.83. The van der Waals surface area contributed by atoms with Crippen LogP contribution in [0.15, 0.2) is 46.9 Å². The average Bonchev–Trinajstić information content (AvgIpc) is 2.77. The maximum Gasteiger partial charge on any atom is 0.0642 e. The van der Waals surface area contributed by atoms with Gasteiger partial charge < -0.3 is 5.32 Å². The summed E-state index contributed by atoms with van der Waals surface area (Å²) in [6.07, 6.45) is 0. The average molecular weight is 387 g/mol. The fourth-order valence-corrected chi connectivity index (χ4v) is 3.83. The lowest BCUT2D eigenvalue weighted by atomic mass is 10.2. The molecule has 1 heterocycles. The predicted octanol–water partition coefficient (Wildman–Crippen LogP) is 6.58. The fraction of sp³-hybridized carbons (Fsp3) is 0.0667. The summed E-state index contributed by atoms with van der Waals surface area (Å²) in [6, 6.07) is 14.0. The molecular weight excluding hydrogens is 377 g/mol. The van der Waals surface area contributed by atoms with Crippen molar-refractivity contribution < 1.29 is 0 Å². The molecule has 0 bridgehead atoms. The first kappa shape index (κ1) is 14.2. The number of thiophene rings is 1. The zero-order chi connectivity index (χ0) is 14.1. The van der Waals surface area contributed by atoms with Crippen LogP contribution in [-0.2, 0) is 6.54 Å². The van der Waals surface area contributed by atoms with Gasteiger partial charge in [-0.05, 0) is 40.2 Å². The molecule has 0 saturated heterocycles. The number of fused-ring (bicyclic) bond motifs is 1. The van der Waals surface area contributed by atoms with E-state index < -0.39 is 0 Å². The van der Waals surface area contributed by atoms with Crippen molar-refractivity contribution in [2.45, 2.75) is 6.54 Å². The summed E-state index contributed by atoms with van der Waals surface area (Å²) < 4.78 is 2.10. The summed E-state index contributed by atoms with van der Waals surface area (Å²) in [4.78, 5) is 1.13. The number of rotatable bonds is 3. The molecule has 3 rings (SSSR count). The van der Waals surface area contributed by atoms with E-state index in [1.165, 1.54) is 4.70 Å². The van der Waals surface area contributed by atoms with Crippen LogP contribution in [-0.4, -0.2) is 0 Å². The van der Waals surface area contributed by atoms with Crippen molar-refractivity contribution in [2.24, 2.45) is 0 Å². The van der Waals surface area contributed by atoms with Crippen molar-refractivity contribution in [3.63, 3.8) is 0 Å². The molecule has 0 atom stereocenters. The van der Waals surface area contributed by atoms with Gasteiger partial charge in [0.2, 0.25) is 0 Å². The Morgan fingerprint density at radius 2 is 1.90 bits per heavy atom. The molecule has 2 aromatic carbocycles. The molecule has 3 aromatic rings. The summed E-state index contributed by atoms with van der Waals surface area (Å²) in [5, 5.41) is 5.99. The largest absolute Gasteiger partial charge is 0.380 e. The standard InChI is InChI=1S/C15H10BrCl2NS/c16-11-6-5-9(7-12(11)17)19-8-14-15(18)10-3-1-2-4-13(10)20-14/h1-7,19H,8H2. The van der Waals surface area contributed by atoms with Crippen molar-refractivity contribution in [1.29, 1.82) is 0 Å². The summed E-state index contributed by atoms with van der Waals surface area (Å²) >= 11 is 17.6. The number of hydrogen-bond donors (Lipinski definition) is 1. The second kappa shape index (κ2) is 5.94. The Labute approximate surface area is 139 Å². The number of halogens is 3. The van der Waals surface area contributed by atoms with Crippen molar-refractivity contribution in [2.75, 3.05) is 5.32 Å². The van der Waals surface area contributed by atoms with E-state index in [0.29, 0.717) is 11.6 Å². The summed E-state index contributed by atoms with van der Waals surface area (Å²) in [5.74, 6) is 0. The van der Waals surface area contributed by atoms with E-state index in [-0.39, 0.29) is 0 Å².